The Bertz CT molecular complexity index is 3890. The fourth-order valence-corrected chi connectivity index (χ4v) is 14.0. The minimum absolute atomic E-state index is 0. The van der Waals surface area contributed by atoms with E-state index in [1.54, 1.807) is 54.7 Å². The highest BCUT2D eigenvalue weighted by Gasteiger charge is 2.49. The summed E-state index contributed by atoms with van der Waals surface area (Å²) in [6.07, 6.45) is 16.5. The van der Waals surface area contributed by atoms with Crippen LogP contribution in [0.15, 0.2) is 139 Å². The topological polar surface area (TPSA) is 328 Å². The third kappa shape index (κ3) is 26.6. The van der Waals surface area contributed by atoms with Gasteiger partial charge in [-0.2, -0.15) is 0 Å². The van der Waals surface area contributed by atoms with Gasteiger partial charge in [-0.15, -0.1) is 0 Å². The third-order valence-electron chi connectivity index (χ3n) is 19.5. The van der Waals surface area contributed by atoms with E-state index in [1.165, 1.54) is 31.4 Å². The summed E-state index contributed by atoms with van der Waals surface area (Å²) < 4.78 is 17.0. The third-order valence-corrected chi connectivity index (χ3v) is 22.3. The molecular formula is C79H104Br3Cl2N15O9. The summed E-state index contributed by atoms with van der Waals surface area (Å²) in [6, 6.07) is 28.2. The molecule has 2 saturated carbocycles. The van der Waals surface area contributed by atoms with Crippen molar-refractivity contribution in [2.75, 3.05) is 171 Å². The van der Waals surface area contributed by atoms with Crippen molar-refractivity contribution in [1.29, 1.82) is 0 Å². The normalized spacial score (nSPS) is 21.5. The number of likely N-dealkylation sites (N-methyl/N-ethyl adjacent to an activating group) is 3. The molecule has 14 rings (SSSR count). The van der Waals surface area contributed by atoms with Crippen LogP contribution in [0, 0.1) is 35.5 Å². The van der Waals surface area contributed by atoms with E-state index in [0.29, 0.717) is 64.4 Å². The largest absolute Gasteiger partial charge is 0.508 e. The molecule has 6 heterocycles. The minimum atomic E-state index is -0.309. The number of allylic oxidation sites excluding steroid dienone is 2. The number of ether oxygens (including phenoxy) is 3. The van der Waals surface area contributed by atoms with Crippen LogP contribution in [0.4, 0.5) is 28.6 Å². The van der Waals surface area contributed by atoms with Gasteiger partial charge in [-0.3, -0.25) is 38.8 Å². The van der Waals surface area contributed by atoms with Crippen molar-refractivity contribution in [3.8, 4) is 23.0 Å². The average molecular weight is 1720 g/mol. The number of alkyl halides is 3. The first-order chi connectivity index (χ1) is 51.7. The molecule has 4 aliphatic heterocycles. The van der Waals surface area contributed by atoms with Crippen LogP contribution in [-0.4, -0.2) is 237 Å². The number of fused-ring (bicyclic) bond motifs is 5. The summed E-state index contributed by atoms with van der Waals surface area (Å²) in [7, 11) is 6.48. The molecule has 12 N–H and O–H groups in total. The van der Waals surface area contributed by atoms with Crippen molar-refractivity contribution in [3.63, 3.8) is 0 Å². The summed E-state index contributed by atoms with van der Waals surface area (Å²) in [4.78, 5) is 80.0. The van der Waals surface area contributed by atoms with Gasteiger partial charge in [0.05, 0.1) is 63.2 Å². The second-order valence-electron chi connectivity index (χ2n) is 26.9. The zero-order chi connectivity index (χ0) is 76.8. The maximum Gasteiger partial charge on any atom is 0.223 e. The van der Waals surface area contributed by atoms with Gasteiger partial charge in [-0.25, -0.2) is 9.98 Å². The summed E-state index contributed by atoms with van der Waals surface area (Å²) in [5.41, 5.74) is 30.0. The Labute approximate surface area is 670 Å². The Kier molecular flexibility index (Phi) is 37.0. The second-order valence-corrected chi connectivity index (χ2v) is 30.1. The number of phenolic OH excluding ortho intramolecular Hbond substituents is 1. The van der Waals surface area contributed by atoms with Gasteiger partial charge >= 0.3 is 0 Å². The van der Waals surface area contributed by atoms with Crippen LogP contribution in [0.3, 0.4) is 0 Å². The number of piperazine rings is 3. The van der Waals surface area contributed by atoms with Gasteiger partial charge in [0.1, 0.15) is 66.6 Å². The molecule has 2 amide bonds. The lowest BCUT2D eigenvalue weighted by Crippen LogP contribution is -2.45. The molecule has 24 nitrogen and oxygen atoms in total. The lowest BCUT2D eigenvalue weighted by molar-refractivity contribution is -0.123. The summed E-state index contributed by atoms with van der Waals surface area (Å²) in [5, 5.41) is 22.6. The Hall–Kier alpha value is -7.54. The highest BCUT2D eigenvalue weighted by atomic mass is 79.9. The fraction of sp³-hybridized carbons (Fsp3) is 0.443. The Morgan fingerprint density at radius 2 is 0.954 bits per heavy atom. The Morgan fingerprint density at radius 3 is 1.37 bits per heavy atom. The Balaban J connectivity index is 0.000000195. The Morgan fingerprint density at radius 1 is 0.556 bits per heavy atom. The molecule has 4 bridgehead atoms. The van der Waals surface area contributed by atoms with Gasteiger partial charge in [0.25, 0.3) is 0 Å². The average Bonchev–Trinajstić information content (AvgIpc) is 1.62. The number of phenols is 1. The first-order valence-corrected chi connectivity index (χ1v) is 40.0. The number of aromatic nitrogens is 2. The molecule has 5 fully saturated rings. The molecule has 3 saturated heterocycles. The van der Waals surface area contributed by atoms with E-state index in [4.69, 9.17) is 70.4 Å². The first kappa shape index (κ1) is 87.7. The zero-order valence-electron chi connectivity index (χ0n) is 60.8. The number of amides is 2. The van der Waals surface area contributed by atoms with Crippen LogP contribution in [0.2, 0.25) is 10.0 Å². The van der Waals surface area contributed by atoms with Crippen LogP contribution < -0.4 is 53.1 Å². The smallest absolute Gasteiger partial charge is 0.223 e. The van der Waals surface area contributed by atoms with E-state index < -0.39 is 0 Å². The predicted molar refractivity (Wildman–Crippen MR) is 445 cm³/mol. The van der Waals surface area contributed by atoms with Gasteiger partial charge in [0, 0.05) is 149 Å². The molecule has 0 spiro atoms. The van der Waals surface area contributed by atoms with Crippen molar-refractivity contribution in [2.45, 2.75) is 38.8 Å². The number of carbonyl (C=O) groups excluding carboxylic acids is 5. The highest BCUT2D eigenvalue weighted by molar-refractivity contribution is 9.12. The van der Waals surface area contributed by atoms with E-state index in [0.717, 1.165) is 172 Å². The lowest BCUT2D eigenvalue weighted by Gasteiger charge is -2.32. The number of nitrogens with one attached hydrogen (secondary N) is 3. The minimum Gasteiger partial charge on any atom is -0.508 e. The van der Waals surface area contributed by atoms with Crippen molar-refractivity contribution in [1.82, 2.24) is 39.8 Å². The molecular weight excluding hydrogens is 1610 g/mol. The molecule has 0 unspecified atom stereocenters. The number of aliphatic imine (C=N–C) groups is 1. The highest BCUT2D eigenvalue weighted by Crippen LogP contribution is 2.49. The van der Waals surface area contributed by atoms with Crippen LogP contribution >= 0.6 is 71.0 Å². The molecule has 0 radical (unpaired) electrons. The van der Waals surface area contributed by atoms with Gasteiger partial charge < -0.3 is 72.9 Å². The first-order valence-electron chi connectivity index (χ1n) is 35.9. The lowest BCUT2D eigenvalue weighted by atomic mass is 9.88. The van der Waals surface area contributed by atoms with Crippen molar-refractivity contribution in [3.05, 3.63) is 172 Å². The van der Waals surface area contributed by atoms with E-state index in [9.17, 15) is 24.0 Å². The van der Waals surface area contributed by atoms with Crippen LogP contribution in [0.5, 0.6) is 23.0 Å². The quantitative estimate of drug-likeness (QED) is 0.0178. The number of aromatic hydroxyl groups is 1. The van der Waals surface area contributed by atoms with Crippen molar-refractivity contribution in [2.24, 2.45) is 52.0 Å². The number of primary amides is 2. The van der Waals surface area contributed by atoms with Crippen LogP contribution in [0.1, 0.15) is 62.6 Å². The number of rotatable bonds is 22. The molecule has 584 valence electrons. The van der Waals surface area contributed by atoms with Gasteiger partial charge in [0.15, 0.2) is 0 Å². The SMILES string of the molecule is BrCCBr.C.CN1CCN(CCOc2ccc(C3=Nc4c(ncc(Cl)c4N[C@H]4[C@@H](C(N)=O)[C@@H]5C=C[C@H]4C5)C3)cc2)CC1.CN1CCN(CCOc2ccc(C=O)cc2)CC1.CN1CCNCC1.NC(=O)[C@@H]1[C@H](Nc2c(Cl)cnc(N)c2N)[C@H]2C=C[C@@H]1C2.O=Cc1ccc(O)cc1.O=Cc1ccc(OCCBr)cc1. The molecule has 29 heteroatoms. The molecule has 8 atom stereocenters. The van der Waals surface area contributed by atoms with Gasteiger partial charge in [0.2, 0.25) is 11.8 Å². The molecule has 8 aliphatic rings. The number of halogens is 5. The van der Waals surface area contributed by atoms with E-state index in [-0.39, 0.29) is 78.4 Å². The second kappa shape index (κ2) is 45.6. The van der Waals surface area contributed by atoms with Gasteiger partial charge in [-0.1, -0.05) is 103 Å². The number of anilines is 4. The number of pyridine rings is 2. The van der Waals surface area contributed by atoms with Crippen molar-refractivity contribution >= 4 is 136 Å². The number of benzene rings is 4. The fourth-order valence-electron chi connectivity index (χ4n) is 13.5. The molecule has 108 heavy (non-hydrogen) atoms. The molecule has 2 aromatic heterocycles. The molecule has 4 aromatic carbocycles. The predicted octanol–water partition coefficient (Wildman–Crippen LogP) is 10.6. The van der Waals surface area contributed by atoms with E-state index in [2.05, 4.69) is 156 Å². The number of hydrogen-bond donors (Lipinski definition) is 8. The number of nitrogen functional groups attached to an aromatic ring is 2. The number of carbonyl (C=O) groups is 5. The molecule has 6 aromatic rings. The van der Waals surface area contributed by atoms with E-state index in [1.807, 2.05) is 24.3 Å². The number of aldehydes is 3. The van der Waals surface area contributed by atoms with Crippen molar-refractivity contribution < 1.29 is 43.3 Å². The van der Waals surface area contributed by atoms with Gasteiger partial charge in [-0.05, 0) is 160 Å². The maximum absolute atomic E-state index is 12.2. The number of nitrogens with zero attached hydrogens (tertiary/aromatic N) is 8. The molecule has 4 aliphatic carbocycles. The summed E-state index contributed by atoms with van der Waals surface area (Å²) in [5.74, 6) is 2.68. The summed E-state index contributed by atoms with van der Waals surface area (Å²) >= 11 is 22.4. The standard InChI is InChI=1S/C28H33ClN6O2.C14H20N2O2.C13H16ClN5O.C9H9BrO2.C7H6O2.C5H12N2.C2H4Br2.CH4/c1-34-8-10-35(11-9-34)12-13-37-20-6-4-17(5-7-20)22-15-23-27(32-22)26(21(29)16-31-23)33-25-19-3-2-18(14-19)24(25)28(30)36;1-15-6-8-16(9-7-15)10-11-18-14-4-2-13(12-17)3-5-14;14-7-4-18-12(16)9(15)11(7)19-10-6-2-1-5(3-6)8(10)13(17)20;10-5-6-12-9-3-1-8(7-11)2-4-9;8-5-6-1-3-7(9)4-2-6;1-7-4-2-6-3-5-7;3-1-2-4;/h2-7,16,18-19,24-25H,8-15H2,1H3,(H2,30,36)(H,31,33);2-5,12H,6-11H2,1H3;1-2,4-6,8,10H,3,15H2,(H2,17,20)(H3,16,18,19);1-4,7H,5-6H2;1-5,9H;6H,2-5H2,1H3;1-2H2;1H4/t18-,19+,24+,25-;;5-,6+,8+,10-;;;;;/m1.1...../s1. The number of hydrogen-bond acceptors (Lipinski definition) is 22. The van der Waals surface area contributed by atoms with Crippen LogP contribution in [-0.2, 0) is 16.0 Å². The summed E-state index contributed by atoms with van der Waals surface area (Å²) in [6.45, 7) is 17.6. The monoisotopic (exact) mass is 1710 g/mol. The zero-order valence-corrected chi connectivity index (χ0v) is 67.1. The number of nitrogens with two attached hydrogens (primary N) is 4. The maximum atomic E-state index is 12.2. The van der Waals surface area contributed by atoms with Crippen LogP contribution in [0.25, 0.3) is 0 Å². The van der Waals surface area contributed by atoms with E-state index >= 15 is 0 Å².